The maximum atomic E-state index is 10.2. The summed E-state index contributed by atoms with van der Waals surface area (Å²) >= 11 is 0. The third kappa shape index (κ3) is 111. The van der Waals surface area contributed by atoms with E-state index in [0.717, 1.165) is 14.2 Å². The minimum atomic E-state index is -4.67. The SMILES string of the molecule is C.C=C(C)C(=O)O.C=C(C)C(=O)OC.C=C(C)C(=O)OC.C=C(C)C(N)=O.CO.CO.O.O=S(=O)(O)O. The number of amides is 1. The van der Waals surface area contributed by atoms with Gasteiger partial charge in [-0.25, -0.2) is 14.4 Å². The second kappa shape index (κ2) is 39.8. The largest absolute Gasteiger partial charge is 0.478 e. The number of carboxylic acids is 1. The lowest BCUT2D eigenvalue weighted by Crippen LogP contribution is -2.10. The highest BCUT2D eigenvalue weighted by Crippen LogP contribution is 1.87. The number of rotatable bonds is 4. The van der Waals surface area contributed by atoms with Crippen LogP contribution in [-0.4, -0.2) is 90.6 Å². The van der Waals surface area contributed by atoms with Crippen molar-refractivity contribution in [3.05, 3.63) is 48.6 Å². The number of hydrogen-bond acceptors (Lipinski definition) is 10. The second-order valence-electron chi connectivity index (χ2n) is 5.22. The molecule has 0 unspecified atom stereocenters. The molecule has 0 aromatic carbocycles. The van der Waals surface area contributed by atoms with Gasteiger partial charge in [-0.2, -0.15) is 8.42 Å². The van der Waals surface area contributed by atoms with Crippen LogP contribution in [0.15, 0.2) is 48.6 Å². The number of primary amides is 1. The highest BCUT2D eigenvalue weighted by molar-refractivity contribution is 7.79. The van der Waals surface area contributed by atoms with Crippen LogP contribution >= 0.6 is 0 Å². The number of aliphatic hydroxyl groups is 2. The maximum Gasteiger partial charge on any atom is 0.394 e. The number of hydrogen-bond donors (Lipinski definition) is 6. The van der Waals surface area contributed by atoms with E-state index in [1.165, 1.54) is 21.1 Å². The smallest absolute Gasteiger partial charge is 0.394 e. The zero-order valence-electron chi connectivity index (χ0n) is 21.8. The number of ether oxygens (including phenoxy) is 2. The molecule has 0 atom stereocenters. The van der Waals surface area contributed by atoms with Crippen molar-refractivity contribution in [3.63, 3.8) is 0 Å². The molecule has 0 aromatic heterocycles. The molecule has 16 heteroatoms. The van der Waals surface area contributed by atoms with Crippen LogP contribution in [0.5, 0.6) is 0 Å². The Hall–Kier alpha value is -3.41. The number of aliphatic carboxylic acids is 1. The van der Waals surface area contributed by atoms with Gasteiger partial charge in [-0.05, 0) is 27.7 Å². The van der Waals surface area contributed by atoms with E-state index in [0.29, 0.717) is 16.7 Å². The number of carboxylic acid groups (broad SMARTS) is 1. The van der Waals surface area contributed by atoms with Gasteiger partial charge in [-0.15, -0.1) is 0 Å². The summed E-state index contributed by atoms with van der Waals surface area (Å²) in [5.41, 5.74) is 6.14. The van der Waals surface area contributed by atoms with Gasteiger partial charge in [0.15, 0.2) is 0 Å². The number of carbonyl (C=O) groups excluding carboxylic acids is 3. The molecule has 0 aliphatic rings. The molecule has 0 fully saturated rings. The third-order valence-electron chi connectivity index (χ3n) is 1.85. The lowest BCUT2D eigenvalue weighted by atomic mass is 10.3. The van der Waals surface area contributed by atoms with Gasteiger partial charge in [-0.1, -0.05) is 33.7 Å². The fourth-order valence-corrected chi connectivity index (χ4v) is 0.348. The molecule has 0 saturated carbocycles. The standard InChI is InChI=1S/2C5H8O2.C4H7NO.C4H6O2.2CH4O.CH4.H2O4S.H2O/c2*1-4(2)5(6)7-3;2*1-3(2)4(5)6;2*1-2;;1-5(2,3)4;/h2*1H2,2-3H3;1H2,2H3,(H2,5,6);1H2,2H3,(H,5,6);2*2H,1H3;1H4;(H2,1,2,3,4);1H2. The van der Waals surface area contributed by atoms with Crippen LogP contribution in [0, 0.1) is 0 Å². The van der Waals surface area contributed by atoms with Crippen molar-refractivity contribution >= 4 is 34.2 Å². The van der Waals surface area contributed by atoms with Crippen LogP contribution in [0.25, 0.3) is 0 Å². The predicted octanol–water partition coefficient (Wildman–Crippen LogP) is 0.542. The molecule has 9 N–H and O–H groups in total. The van der Waals surface area contributed by atoms with Gasteiger partial charge in [0.2, 0.25) is 5.91 Å². The number of nitrogens with two attached hydrogens (primary N) is 1. The fourth-order valence-electron chi connectivity index (χ4n) is 0.348. The van der Waals surface area contributed by atoms with E-state index in [1.54, 1.807) is 20.8 Å². The number of aliphatic hydroxyl groups excluding tert-OH is 2. The predicted molar refractivity (Wildman–Crippen MR) is 141 cm³/mol. The summed E-state index contributed by atoms with van der Waals surface area (Å²) in [4.78, 5) is 39.8. The Labute approximate surface area is 219 Å². The van der Waals surface area contributed by atoms with Crippen LogP contribution in [-0.2, 0) is 39.1 Å². The lowest BCUT2D eigenvalue weighted by molar-refractivity contribution is -0.136. The van der Waals surface area contributed by atoms with Crippen molar-refractivity contribution in [3.8, 4) is 0 Å². The number of methoxy groups -OCH3 is 2. The lowest BCUT2D eigenvalue weighted by Gasteiger charge is -1.91. The first-order chi connectivity index (χ1) is 15.6. The van der Waals surface area contributed by atoms with E-state index in [2.05, 4.69) is 35.8 Å². The van der Waals surface area contributed by atoms with Crippen LogP contribution in [0.3, 0.4) is 0 Å². The molecule has 37 heavy (non-hydrogen) atoms. The summed E-state index contributed by atoms with van der Waals surface area (Å²) < 4.78 is 40.1. The normalized spacial score (nSPS) is 7.24. The topological polar surface area (TPSA) is 280 Å². The minimum absolute atomic E-state index is 0. The molecule has 0 aliphatic heterocycles. The molecular weight excluding hydrogens is 522 g/mol. The summed E-state index contributed by atoms with van der Waals surface area (Å²) in [6.45, 7) is 19.4. The van der Waals surface area contributed by atoms with E-state index >= 15 is 0 Å². The zero-order chi connectivity index (χ0) is 30.5. The van der Waals surface area contributed by atoms with Gasteiger partial charge in [0.25, 0.3) is 0 Å². The molecule has 0 aliphatic carbocycles. The zero-order valence-corrected chi connectivity index (χ0v) is 22.6. The van der Waals surface area contributed by atoms with Gasteiger partial charge in [0.1, 0.15) is 0 Å². The van der Waals surface area contributed by atoms with Gasteiger partial charge in [0, 0.05) is 36.5 Å². The van der Waals surface area contributed by atoms with Crippen molar-refractivity contribution < 1.29 is 67.0 Å². The van der Waals surface area contributed by atoms with E-state index in [1.807, 2.05) is 0 Å². The molecule has 0 saturated heterocycles. The monoisotopic (exact) mass is 567 g/mol. The Morgan fingerprint density at radius 3 is 0.811 bits per heavy atom. The minimum Gasteiger partial charge on any atom is -0.478 e. The van der Waals surface area contributed by atoms with Crippen LogP contribution < -0.4 is 5.73 Å². The fraction of sp³-hybridized carbons (Fsp3) is 0.429. The first-order valence-corrected chi connectivity index (χ1v) is 9.96. The molecule has 0 bridgehead atoms. The van der Waals surface area contributed by atoms with Crippen molar-refractivity contribution in [2.75, 3.05) is 28.4 Å². The summed E-state index contributed by atoms with van der Waals surface area (Å²) in [7, 11) is -0.00593. The highest BCUT2D eigenvalue weighted by atomic mass is 32.3. The summed E-state index contributed by atoms with van der Waals surface area (Å²) in [5, 5.41) is 21.9. The van der Waals surface area contributed by atoms with E-state index < -0.39 is 22.3 Å². The van der Waals surface area contributed by atoms with Crippen LogP contribution in [0.4, 0.5) is 0 Å². The van der Waals surface area contributed by atoms with E-state index in [9.17, 15) is 19.2 Å². The molecule has 0 spiro atoms. The Morgan fingerprint density at radius 2 is 0.811 bits per heavy atom. The molecule has 1 amide bonds. The molecule has 224 valence electrons. The van der Waals surface area contributed by atoms with Crippen molar-refractivity contribution in [1.82, 2.24) is 0 Å². The number of esters is 2. The summed E-state index contributed by atoms with van der Waals surface area (Å²) in [6.07, 6.45) is 0. The maximum absolute atomic E-state index is 10.2. The molecule has 0 aromatic rings. The van der Waals surface area contributed by atoms with Crippen LogP contribution in [0.1, 0.15) is 35.1 Å². The number of carbonyl (C=O) groups is 4. The molecular formula is C21H45NO14S. The Kier molecular flexibility index (Phi) is 63.4. The first-order valence-electron chi connectivity index (χ1n) is 8.56. The Morgan fingerprint density at radius 1 is 0.676 bits per heavy atom. The summed E-state index contributed by atoms with van der Waals surface area (Å²) in [5.74, 6) is -2.06. The Balaban J connectivity index is -0.0000000362. The van der Waals surface area contributed by atoms with Crippen molar-refractivity contribution in [2.45, 2.75) is 35.1 Å². The first kappa shape index (κ1) is 59.0. The van der Waals surface area contributed by atoms with Gasteiger partial charge >= 0.3 is 28.3 Å². The molecule has 0 rings (SSSR count). The van der Waals surface area contributed by atoms with E-state index in [-0.39, 0.29) is 30.4 Å². The quantitative estimate of drug-likeness (QED) is 0.154. The van der Waals surface area contributed by atoms with E-state index in [4.69, 9.17) is 38.6 Å². The average molecular weight is 568 g/mol. The van der Waals surface area contributed by atoms with Gasteiger partial charge in [-0.3, -0.25) is 13.9 Å². The summed E-state index contributed by atoms with van der Waals surface area (Å²) in [6, 6.07) is 0. The molecule has 0 radical (unpaired) electrons. The van der Waals surface area contributed by atoms with Crippen LogP contribution in [0.2, 0.25) is 0 Å². The van der Waals surface area contributed by atoms with Gasteiger partial charge < -0.3 is 36.0 Å². The van der Waals surface area contributed by atoms with Crippen molar-refractivity contribution in [2.24, 2.45) is 5.73 Å². The molecule has 0 heterocycles. The Bertz CT molecular complexity index is 690. The highest BCUT2D eigenvalue weighted by Gasteiger charge is 1.96. The third-order valence-corrected chi connectivity index (χ3v) is 1.85. The van der Waals surface area contributed by atoms with Crippen molar-refractivity contribution in [1.29, 1.82) is 0 Å². The molecule has 15 nitrogen and oxygen atoms in total. The second-order valence-corrected chi connectivity index (χ2v) is 6.12. The average Bonchev–Trinajstić information content (AvgIpc) is 2.75. The van der Waals surface area contributed by atoms with Gasteiger partial charge in [0.05, 0.1) is 14.2 Å².